The first kappa shape index (κ1) is 8.89. The molecule has 0 aromatic heterocycles. The van der Waals surface area contributed by atoms with Crippen LogP contribution < -0.4 is 5.32 Å². The molecule has 13 heavy (non-hydrogen) atoms. The van der Waals surface area contributed by atoms with Crippen LogP contribution in [0.3, 0.4) is 0 Å². The van der Waals surface area contributed by atoms with Crippen molar-refractivity contribution in [3.05, 3.63) is 28.8 Å². The van der Waals surface area contributed by atoms with E-state index >= 15 is 0 Å². The van der Waals surface area contributed by atoms with E-state index < -0.39 is 0 Å². The Morgan fingerprint density at radius 2 is 2.31 bits per heavy atom. The molecule has 1 aliphatic heterocycles. The summed E-state index contributed by atoms with van der Waals surface area (Å²) in [5, 5.41) is 4.31. The molecule has 0 aliphatic carbocycles. The lowest BCUT2D eigenvalue weighted by Gasteiger charge is -2.09. The highest BCUT2D eigenvalue weighted by molar-refractivity contribution is 6.31. The monoisotopic (exact) mass is 195 g/mol. The second-order valence-electron chi connectivity index (χ2n) is 3.79. The average Bonchev–Trinajstić information content (AvgIpc) is 2.28. The molecule has 1 heterocycles. The second-order valence-corrected chi connectivity index (χ2v) is 4.20. The highest BCUT2D eigenvalue weighted by Crippen LogP contribution is 2.30. The van der Waals surface area contributed by atoms with Gasteiger partial charge in [0.2, 0.25) is 0 Å². The first-order valence-corrected chi connectivity index (χ1v) is 5.16. The van der Waals surface area contributed by atoms with Crippen molar-refractivity contribution in [2.24, 2.45) is 5.92 Å². The van der Waals surface area contributed by atoms with E-state index in [0.29, 0.717) is 0 Å². The van der Waals surface area contributed by atoms with E-state index in [0.717, 1.165) is 23.9 Å². The van der Waals surface area contributed by atoms with Gasteiger partial charge in [0.1, 0.15) is 0 Å². The fourth-order valence-corrected chi connectivity index (χ4v) is 2.09. The maximum absolute atomic E-state index is 6.14. The molecule has 1 N–H and O–H groups in total. The van der Waals surface area contributed by atoms with Crippen LogP contribution in [-0.2, 0) is 6.42 Å². The molecule has 1 atom stereocenters. The van der Waals surface area contributed by atoms with Crippen LogP contribution in [0.15, 0.2) is 18.2 Å². The highest BCUT2D eigenvalue weighted by Gasteiger charge is 2.14. The van der Waals surface area contributed by atoms with Crippen molar-refractivity contribution >= 4 is 17.3 Å². The predicted molar refractivity (Wildman–Crippen MR) is 57.4 cm³/mol. The third kappa shape index (κ3) is 1.80. The molecule has 1 nitrogen and oxygen atoms in total. The van der Waals surface area contributed by atoms with E-state index in [1.807, 2.05) is 12.1 Å². The van der Waals surface area contributed by atoms with Gasteiger partial charge in [-0.2, -0.15) is 0 Å². The second kappa shape index (κ2) is 3.59. The van der Waals surface area contributed by atoms with Gasteiger partial charge < -0.3 is 5.32 Å². The summed E-state index contributed by atoms with van der Waals surface area (Å²) in [7, 11) is 0. The van der Waals surface area contributed by atoms with Crippen LogP contribution in [0.1, 0.15) is 18.9 Å². The first-order valence-electron chi connectivity index (χ1n) is 4.78. The van der Waals surface area contributed by atoms with Gasteiger partial charge in [0.05, 0.1) is 0 Å². The van der Waals surface area contributed by atoms with E-state index in [4.69, 9.17) is 11.6 Å². The molecule has 70 valence electrons. The van der Waals surface area contributed by atoms with E-state index in [1.165, 1.54) is 17.7 Å². The Morgan fingerprint density at radius 3 is 3.15 bits per heavy atom. The van der Waals surface area contributed by atoms with Gasteiger partial charge >= 0.3 is 0 Å². The summed E-state index contributed by atoms with van der Waals surface area (Å²) >= 11 is 6.14. The Hall–Kier alpha value is -0.690. The SMILES string of the molecule is CC1CCNc2cccc(Cl)c2C1. The summed E-state index contributed by atoms with van der Waals surface area (Å²) in [6, 6.07) is 6.09. The van der Waals surface area contributed by atoms with Crippen molar-refractivity contribution in [1.29, 1.82) is 0 Å². The normalized spacial score (nSPS) is 21.5. The number of nitrogens with one attached hydrogen (secondary N) is 1. The quantitative estimate of drug-likeness (QED) is 0.670. The maximum Gasteiger partial charge on any atom is 0.0458 e. The Morgan fingerprint density at radius 1 is 1.46 bits per heavy atom. The topological polar surface area (TPSA) is 12.0 Å². The molecular weight excluding hydrogens is 182 g/mol. The van der Waals surface area contributed by atoms with Crippen molar-refractivity contribution < 1.29 is 0 Å². The number of hydrogen-bond acceptors (Lipinski definition) is 1. The summed E-state index contributed by atoms with van der Waals surface area (Å²) in [5.41, 5.74) is 2.51. The van der Waals surface area contributed by atoms with Crippen LogP contribution >= 0.6 is 11.6 Å². The third-order valence-corrected chi connectivity index (χ3v) is 2.98. The minimum Gasteiger partial charge on any atom is -0.385 e. The number of benzene rings is 1. The molecule has 2 rings (SSSR count). The zero-order valence-corrected chi connectivity index (χ0v) is 8.56. The molecule has 0 spiro atoms. The lowest BCUT2D eigenvalue weighted by atomic mass is 9.99. The van der Waals surface area contributed by atoms with Crippen LogP contribution in [0.4, 0.5) is 5.69 Å². The van der Waals surface area contributed by atoms with Crippen LogP contribution in [0.2, 0.25) is 5.02 Å². The molecule has 1 aliphatic rings. The Kier molecular flexibility index (Phi) is 2.45. The van der Waals surface area contributed by atoms with E-state index in [2.05, 4.69) is 18.3 Å². The first-order chi connectivity index (χ1) is 6.27. The standard InChI is InChI=1S/C11H14ClN/c1-8-5-6-13-11-4-2-3-10(12)9(11)7-8/h2-4,8,13H,5-7H2,1H3. The third-order valence-electron chi connectivity index (χ3n) is 2.62. The molecule has 0 saturated carbocycles. The van der Waals surface area contributed by atoms with Crippen molar-refractivity contribution in [3.8, 4) is 0 Å². The fourth-order valence-electron chi connectivity index (χ4n) is 1.84. The summed E-state index contributed by atoms with van der Waals surface area (Å²) in [6.45, 7) is 3.34. The van der Waals surface area contributed by atoms with Crippen molar-refractivity contribution in [2.45, 2.75) is 19.8 Å². The number of fused-ring (bicyclic) bond motifs is 1. The highest BCUT2D eigenvalue weighted by atomic mass is 35.5. The van der Waals surface area contributed by atoms with E-state index in [9.17, 15) is 0 Å². The van der Waals surface area contributed by atoms with Crippen molar-refractivity contribution in [2.75, 3.05) is 11.9 Å². The predicted octanol–water partition coefficient (Wildman–Crippen LogP) is 3.33. The van der Waals surface area contributed by atoms with Gasteiger partial charge in [-0.15, -0.1) is 0 Å². The van der Waals surface area contributed by atoms with Gasteiger partial charge in [-0.3, -0.25) is 0 Å². The van der Waals surface area contributed by atoms with Gasteiger partial charge in [0.15, 0.2) is 0 Å². The lowest BCUT2D eigenvalue weighted by Crippen LogP contribution is -2.01. The van der Waals surface area contributed by atoms with Gasteiger partial charge in [0.25, 0.3) is 0 Å². The minimum absolute atomic E-state index is 0.730. The van der Waals surface area contributed by atoms with Crippen molar-refractivity contribution in [3.63, 3.8) is 0 Å². The largest absolute Gasteiger partial charge is 0.385 e. The molecule has 1 aromatic rings. The average molecular weight is 196 g/mol. The van der Waals surface area contributed by atoms with Crippen LogP contribution in [0.25, 0.3) is 0 Å². The number of hydrogen-bond donors (Lipinski definition) is 1. The molecule has 0 saturated heterocycles. The van der Waals surface area contributed by atoms with Crippen LogP contribution in [0, 0.1) is 5.92 Å². The minimum atomic E-state index is 0.730. The maximum atomic E-state index is 6.14. The smallest absolute Gasteiger partial charge is 0.0458 e. The summed E-state index contributed by atoms with van der Waals surface area (Å²) in [4.78, 5) is 0. The molecule has 0 bridgehead atoms. The zero-order valence-electron chi connectivity index (χ0n) is 7.81. The number of anilines is 1. The van der Waals surface area contributed by atoms with Gasteiger partial charge in [-0.25, -0.2) is 0 Å². The summed E-state index contributed by atoms with van der Waals surface area (Å²) < 4.78 is 0. The molecule has 1 aromatic carbocycles. The molecule has 0 fully saturated rings. The number of rotatable bonds is 0. The Bertz CT molecular complexity index is 309. The fraction of sp³-hybridized carbons (Fsp3) is 0.455. The molecule has 0 radical (unpaired) electrons. The molecule has 2 heteroatoms. The molecule has 1 unspecified atom stereocenters. The van der Waals surface area contributed by atoms with Crippen molar-refractivity contribution in [1.82, 2.24) is 0 Å². The lowest BCUT2D eigenvalue weighted by molar-refractivity contribution is 0.558. The molecular formula is C11H14ClN. The van der Waals surface area contributed by atoms with E-state index in [1.54, 1.807) is 0 Å². The Balaban J connectivity index is 2.40. The van der Waals surface area contributed by atoms with E-state index in [-0.39, 0.29) is 0 Å². The zero-order chi connectivity index (χ0) is 9.26. The summed E-state index contributed by atoms with van der Waals surface area (Å²) in [5.74, 6) is 0.730. The number of halogens is 1. The van der Waals surface area contributed by atoms with Gasteiger partial charge in [-0.05, 0) is 36.5 Å². The Labute approximate surface area is 84.1 Å². The van der Waals surface area contributed by atoms with Gasteiger partial charge in [0, 0.05) is 17.3 Å². The summed E-state index contributed by atoms with van der Waals surface area (Å²) in [6.07, 6.45) is 2.33. The van der Waals surface area contributed by atoms with Crippen LogP contribution in [-0.4, -0.2) is 6.54 Å². The van der Waals surface area contributed by atoms with Crippen LogP contribution in [0.5, 0.6) is 0 Å². The molecule has 0 amide bonds. The van der Waals surface area contributed by atoms with Gasteiger partial charge in [-0.1, -0.05) is 24.6 Å².